The third-order valence-electron chi connectivity index (χ3n) is 3.11. The molecule has 1 N–H and O–H groups in total. The summed E-state index contributed by atoms with van der Waals surface area (Å²) in [5.74, 6) is 0.742. The summed E-state index contributed by atoms with van der Waals surface area (Å²) in [6, 6.07) is 14.9. The average Bonchev–Trinajstić information content (AvgIpc) is 2.47. The Bertz CT molecular complexity index is 628. The van der Waals surface area contributed by atoms with Crippen LogP contribution >= 0.6 is 11.6 Å². The molecule has 0 unspecified atom stereocenters. The van der Waals surface area contributed by atoms with Crippen LogP contribution in [0.1, 0.15) is 26.3 Å². The van der Waals surface area contributed by atoms with Gasteiger partial charge in [0.25, 0.3) is 0 Å². The molecule has 4 heteroatoms. The van der Waals surface area contributed by atoms with Crippen molar-refractivity contribution in [3.63, 3.8) is 0 Å². The van der Waals surface area contributed by atoms with Gasteiger partial charge in [0.15, 0.2) is 0 Å². The Labute approximate surface area is 136 Å². The highest BCUT2D eigenvalue weighted by atomic mass is 35.5. The molecule has 0 atom stereocenters. The molecule has 0 fully saturated rings. The van der Waals surface area contributed by atoms with Gasteiger partial charge in [0.1, 0.15) is 12.4 Å². The van der Waals surface area contributed by atoms with Crippen molar-refractivity contribution in [3.05, 3.63) is 59.1 Å². The number of benzene rings is 2. The van der Waals surface area contributed by atoms with E-state index in [0.717, 1.165) is 17.0 Å². The van der Waals surface area contributed by atoms with Gasteiger partial charge in [-0.25, -0.2) is 0 Å². The summed E-state index contributed by atoms with van der Waals surface area (Å²) in [5, 5.41) is 3.59. The third kappa shape index (κ3) is 4.78. The summed E-state index contributed by atoms with van der Waals surface area (Å²) in [6.45, 7) is 6.12. The Hall–Kier alpha value is -2.00. The lowest BCUT2D eigenvalue weighted by molar-refractivity contribution is -0.123. The zero-order valence-electron chi connectivity index (χ0n) is 13.0. The van der Waals surface area contributed by atoms with E-state index in [-0.39, 0.29) is 5.91 Å². The summed E-state index contributed by atoms with van der Waals surface area (Å²) in [5.41, 5.74) is 1.40. The Morgan fingerprint density at radius 1 is 1.05 bits per heavy atom. The molecule has 22 heavy (non-hydrogen) atoms. The average molecular weight is 318 g/mol. The molecule has 1 amide bonds. The number of carbonyl (C=O) groups is 1. The Morgan fingerprint density at radius 3 is 2.18 bits per heavy atom. The van der Waals surface area contributed by atoms with Crippen LogP contribution in [0.3, 0.4) is 0 Å². The highest BCUT2D eigenvalue weighted by Crippen LogP contribution is 2.20. The Kier molecular flexibility index (Phi) is 5.09. The smallest absolute Gasteiger partial charge is 0.229 e. The van der Waals surface area contributed by atoms with E-state index >= 15 is 0 Å². The van der Waals surface area contributed by atoms with Crippen LogP contribution in [0.2, 0.25) is 5.02 Å². The molecular weight excluding hydrogens is 298 g/mol. The van der Waals surface area contributed by atoms with Gasteiger partial charge in [-0.05, 0) is 42.0 Å². The summed E-state index contributed by atoms with van der Waals surface area (Å²) in [7, 11) is 0. The lowest BCUT2D eigenvalue weighted by Gasteiger charge is -2.17. The largest absolute Gasteiger partial charge is 0.489 e. The molecule has 0 spiro atoms. The van der Waals surface area contributed by atoms with Gasteiger partial charge in [0.05, 0.1) is 0 Å². The van der Waals surface area contributed by atoms with Crippen molar-refractivity contribution < 1.29 is 9.53 Å². The van der Waals surface area contributed by atoms with Gasteiger partial charge in [-0.2, -0.15) is 0 Å². The first kappa shape index (κ1) is 16.4. The quantitative estimate of drug-likeness (QED) is 0.870. The second-order valence-corrected chi connectivity index (χ2v) is 6.58. The van der Waals surface area contributed by atoms with Crippen molar-refractivity contribution in [1.82, 2.24) is 0 Å². The predicted molar refractivity (Wildman–Crippen MR) is 90.3 cm³/mol. The molecule has 0 bridgehead atoms. The molecule has 0 saturated heterocycles. The van der Waals surface area contributed by atoms with E-state index in [9.17, 15) is 4.79 Å². The molecule has 2 rings (SSSR count). The van der Waals surface area contributed by atoms with Crippen LogP contribution in [-0.2, 0) is 11.4 Å². The van der Waals surface area contributed by atoms with E-state index in [0.29, 0.717) is 11.6 Å². The van der Waals surface area contributed by atoms with Crippen molar-refractivity contribution in [2.24, 2.45) is 5.41 Å². The van der Waals surface area contributed by atoms with Crippen molar-refractivity contribution in [2.45, 2.75) is 27.4 Å². The Balaban J connectivity index is 1.92. The number of halogens is 1. The van der Waals surface area contributed by atoms with Gasteiger partial charge in [0, 0.05) is 16.1 Å². The second-order valence-electron chi connectivity index (χ2n) is 6.14. The maximum atomic E-state index is 11.9. The van der Waals surface area contributed by atoms with Crippen LogP contribution in [0.4, 0.5) is 5.69 Å². The molecule has 0 aliphatic rings. The standard InChI is InChI=1S/C18H20ClNO2/c1-18(2,3)17(21)20-15-8-10-16(11-9-15)22-12-13-4-6-14(19)7-5-13/h4-11H,12H2,1-3H3,(H,20,21). The van der Waals surface area contributed by atoms with Crippen LogP contribution in [-0.4, -0.2) is 5.91 Å². The normalized spacial score (nSPS) is 11.1. The van der Waals surface area contributed by atoms with Gasteiger partial charge < -0.3 is 10.1 Å². The number of hydrogen-bond donors (Lipinski definition) is 1. The van der Waals surface area contributed by atoms with E-state index < -0.39 is 5.41 Å². The number of rotatable bonds is 4. The monoisotopic (exact) mass is 317 g/mol. The van der Waals surface area contributed by atoms with Crippen LogP contribution in [0.25, 0.3) is 0 Å². The fourth-order valence-corrected chi connectivity index (χ4v) is 1.83. The number of carbonyl (C=O) groups excluding carboxylic acids is 1. The lowest BCUT2D eigenvalue weighted by Crippen LogP contribution is -2.27. The second kappa shape index (κ2) is 6.84. The summed E-state index contributed by atoms with van der Waals surface area (Å²) in [6.07, 6.45) is 0. The fourth-order valence-electron chi connectivity index (χ4n) is 1.70. The molecule has 116 valence electrons. The van der Waals surface area contributed by atoms with Crippen LogP contribution in [0, 0.1) is 5.41 Å². The van der Waals surface area contributed by atoms with Crippen LogP contribution in [0.5, 0.6) is 5.75 Å². The molecule has 0 aliphatic carbocycles. The highest BCUT2D eigenvalue weighted by Gasteiger charge is 2.20. The van der Waals surface area contributed by atoms with Gasteiger partial charge >= 0.3 is 0 Å². The molecule has 2 aromatic carbocycles. The molecule has 0 radical (unpaired) electrons. The maximum Gasteiger partial charge on any atom is 0.229 e. The minimum Gasteiger partial charge on any atom is -0.489 e. The van der Waals surface area contributed by atoms with E-state index in [1.54, 1.807) is 0 Å². The minimum atomic E-state index is -0.413. The molecule has 0 aromatic heterocycles. The number of amides is 1. The Morgan fingerprint density at radius 2 is 1.64 bits per heavy atom. The molecule has 0 heterocycles. The zero-order chi connectivity index (χ0) is 16.2. The first-order chi connectivity index (χ1) is 10.3. The van der Waals surface area contributed by atoms with Crippen molar-refractivity contribution in [1.29, 1.82) is 0 Å². The van der Waals surface area contributed by atoms with Crippen molar-refractivity contribution >= 4 is 23.2 Å². The molecule has 0 aliphatic heterocycles. The topological polar surface area (TPSA) is 38.3 Å². The van der Waals surface area contributed by atoms with Gasteiger partial charge in [-0.15, -0.1) is 0 Å². The fraction of sp³-hybridized carbons (Fsp3) is 0.278. The molecular formula is C18H20ClNO2. The van der Waals surface area contributed by atoms with Gasteiger partial charge in [-0.1, -0.05) is 44.5 Å². The van der Waals surface area contributed by atoms with Crippen LogP contribution in [0.15, 0.2) is 48.5 Å². The first-order valence-electron chi connectivity index (χ1n) is 7.13. The highest BCUT2D eigenvalue weighted by molar-refractivity contribution is 6.30. The zero-order valence-corrected chi connectivity index (χ0v) is 13.8. The third-order valence-corrected chi connectivity index (χ3v) is 3.36. The van der Waals surface area contributed by atoms with Gasteiger partial charge in [0.2, 0.25) is 5.91 Å². The number of hydrogen-bond acceptors (Lipinski definition) is 2. The van der Waals surface area contributed by atoms with E-state index in [1.165, 1.54) is 0 Å². The maximum absolute atomic E-state index is 11.9. The van der Waals surface area contributed by atoms with E-state index in [4.69, 9.17) is 16.3 Å². The lowest BCUT2D eigenvalue weighted by atomic mass is 9.95. The molecule has 0 saturated carbocycles. The summed E-state index contributed by atoms with van der Waals surface area (Å²) >= 11 is 5.84. The summed E-state index contributed by atoms with van der Waals surface area (Å²) < 4.78 is 5.70. The molecule has 2 aromatic rings. The van der Waals surface area contributed by atoms with Crippen LogP contribution < -0.4 is 10.1 Å². The van der Waals surface area contributed by atoms with Gasteiger partial charge in [-0.3, -0.25) is 4.79 Å². The predicted octanol–water partition coefficient (Wildman–Crippen LogP) is 4.90. The SMILES string of the molecule is CC(C)(C)C(=O)Nc1ccc(OCc2ccc(Cl)cc2)cc1. The van der Waals surface area contributed by atoms with E-state index in [2.05, 4.69) is 5.32 Å². The van der Waals surface area contributed by atoms with Crippen molar-refractivity contribution in [3.8, 4) is 5.75 Å². The van der Waals surface area contributed by atoms with E-state index in [1.807, 2.05) is 69.3 Å². The van der Waals surface area contributed by atoms with Crippen molar-refractivity contribution in [2.75, 3.05) is 5.32 Å². The number of anilines is 1. The first-order valence-corrected chi connectivity index (χ1v) is 7.51. The molecule has 3 nitrogen and oxygen atoms in total. The minimum absolute atomic E-state index is 0.0117. The number of nitrogens with one attached hydrogen (secondary N) is 1. The number of ether oxygens (including phenoxy) is 1. The summed E-state index contributed by atoms with van der Waals surface area (Å²) in [4.78, 5) is 11.9.